The van der Waals surface area contributed by atoms with Gasteiger partial charge in [-0.15, -0.1) is 0 Å². The van der Waals surface area contributed by atoms with Gasteiger partial charge in [0.05, 0.1) is 25.4 Å². The van der Waals surface area contributed by atoms with Crippen LogP contribution in [0.1, 0.15) is 168 Å². The summed E-state index contributed by atoms with van der Waals surface area (Å²) in [6.45, 7) is 4.10. The van der Waals surface area contributed by atoms with Crippen molar-refractivity contribution in [3.05, 3.63) is 12.2 Å². The summed E-state index contributed by atoms with van der Waals surface area (Å²) < 4.78 is 21.9. The number of amides is 1. The van der Waals surface area contributed by atoms with Crippen LogP contribution in [0.5, 0.6) is 0 Å². The Balaban J connectivity index is 4.33. The lowest BCUT2D eigenvalue weighted by Crippen LogP contribution is -2.45. The zero-order valence-electron chi connectivity index (χ0n) is 28.0. The highest BCUT2D eigenvalue weighted by molar-refractivity contribution is 7.47. The Hall–Kier alpha value is -0.760. The van der Waals surface area contributed by atoms with Gasteiger partial charge in [0.25, 0.3) is 0 Å². The number of phosphoric acid groups is 1. The topological polar surface area (TPSA) is 131 Å². The predicted molar refractivity (Wildman–Crippen MR) is 180 cm³/mol. The van der Waals surface area contributed by atoms with Crippen LogP contribution in [0.15, 0.2) is 12.2 Å². The van der Waals surface area contributed by atoms with E-state index >= 15 is 0 Å². The molecule has 3 atom stereocenters. The fourth-order valence-corrected chi connectivity index (χ4v) is 5.89. The number of allylic oxidation sites excluding steroid dienone is 1. The van der Waals surface area contributed by atoms with Crippen LogP contribution in [-0.4, -0.2) is 47.8 Å². The summed E-state index contributed by atoms with van der Waals surface area (Å²) in [5.74, 6) is -0.198. The van der Waals surface area contributed by atoms with Crippen LogP contribution in [0.3, 0.4) is 0 Å². The third-order valence-corrected chi connectivity index (χ3v) is 8.85. The van der Waals surface area contributed by atoms with Gasteiger partial charge in [0.15, 0.2) is 0 Å². The largest absolute Gasteiger partial charge is 0.472 e. The van der Waals surface area contributed by atoms with Crippen LogP contribution in [0.4, 0.5) is 0 Å². The zero-order chi connectivity index (χ0) is 31.9. The molecule has 8 nitrogen and oxygen atoms in total. The predicted octanol–water partition coefficient (Wildman–Crippen LogP) is 8.88. The average molecular weight is 633 g/mol. The molecule has 43 heavy (non-hydrogen) atoms. The molecule has 0 aromatic rings. The maximum atomic E-state index is 12.6. The van der Waals surface area contributed by atoms with E-state index in [1.54, 1.807) is 6.08 Å². The van der Waals surface area contributed by atoms with Gasteiger partial charge in [0, 0.05) is 13.0 Å². The van der Waals surface area contributed by atoms with Crippen LogP contribution in [0.2, 0.25) is 0 Å². The second-order valence-corrected chi connectivity index (χ2v) is 13.5. The quantitative estimate of drug-likeness (QED) is 0.0323. The summed E-state index contributed by atoms with van der Waals surface area (Å²) >= 11 is 0. The van der Waals surface area contributed by atoms with E-state index in [1.807, 2.05) is 6.08 Å². The number of carbonyl (C=O) groups excluding carboxylic acids is 1. The molecule has 0 rings (SSSR count). The summed E-state index contributed by atoms with van der Waals surface area (Å²) in [5.41, 5.74) is 5.34. The van der Waals surface area contributed by atoms with E-state index in [4.69, 9.17) is 14.8 Å². The molecule has 0 fully saturated rings. The number of rotatable bonds is 33. The molecule has 0 aromatic heterocycles. The Morgan fingerprint density at radius 1 is 0.744 bits per heavy atom. The van der Waals surface area contributed by atoms with E-state index in [-0.39, 0.29) is 25.7 Å². The number of nitrogens with one attached hydrogen (secondary N) is 1. The van der Waals surface area contributed by atoms with E-state index < -0.39 is 20.0 Å². The molecule has 0 aromatic carbocycles. The number of nitrogens with two attached hydrogens (primary N) is 1. The first-order valence-corrected chi connectivity index (χ1v) is 19.3. The molecule has 0 bridgehead atoms. The SMILES string of the molecule is CCCCCCCCCCCCCCC/C=C/[C@@H](O)[C@H](COP(=O)(O)OCCN)NC(=O)CCCCCCCCCCC. The van der Waals surface area contributed by atoms with E-state index in [9.17, 15) is 19.4 Å². The number of hydrogen-bond acceptors (Lipinski definition) is 6. The smallest absolute Gasteiger partial charge is 0.387 e. The normalized spacial score (nSPS) is 14.6. The molecular formula is C34H69N2O6P. The number of aliphatic hydroxyl groups is 1. The fraction of sp³-hybridized carbons (Fsp3) is 0.912. The van der Waals surface area contributed by atoms with Crippen LogP contribution in [-0.2, 0) is 18.4 Å². The number of hydrogen-bond donors (Lipinski definition) is 4. The molecule has 0 heterocycles. The molecule has 9 heteroatoms. The molecular weight excluding hydrogens is 563 g/mol. The van der Waals surface area contributed by atoms with Gasteiger partial charge in [-0.1, -0.05) is 154 Å². The minimum atomic E-state index is -4.32. The van der Waals surface area contributed by atoms with E-state index in [1.165, 1.54) is 109 Å². The van der Waals surface area contributed by atoms with Crippen molar-refractivity contribution in [2.24, 2.45) is 5.73 Å². The highest BCUT2D eigenvalue weighted by Gasteiger charge is 2.26. The van der Waals surface area contributed by atoms with Gasteiger partial charge in [-0.25, -0.2) is 4.57 Å². The lowest BCUT2D eigenvalue weighted by molar-refractivity contribution is -0.123. The summed E-state index contributed by atoms with van der Waals surface area (Å²) in [5, 5.41) is 13.5. The van der Waals surface area contributed by atoms with E-state index in [2.05, 4.69) is 19.2 Å². The first-order chi connectivity index (χ1) is 20.9. The van der Waals surface area contributed by atoms with Crippen LogP contribution in [0, 0.1) is 0 Å². The molecule has 1 amide bonds. The number of unbranched alkanes of at least 4 members (excludes halogenated alkanes) is 21. The van der Waals surface area contributed by atoms with E-state index in [0.717, 1.165) is 38.5 Å². The van der Waals surface area contributed by atoms with Crippen molar-refractivity contribution in [1.29, 1.82) is 0 Å². The first kappa shape index (κ1) is 42.2. The second-order valence-electron chi connectivity index (χ2n) is 12.1. The van der Waals surface area contributed by atoms with Crippen LogP contribution < -0.4 is 11.1 Å². The van der Waals surface area contributed by atoms with E-state index in [0.29, 0.717) is 6.42 Å². The number of phosphoric ester groups is 1. The van der Waals surface area contributed by atoms with Gasteiger partial charge in [0.2, 0.25) is 5.91 Å². The summed E-state index contributed by atoms with van der Waals surface area (Å²) in [6, 6.07) is -0.851. The average Bonchev–Trinajstić information content (AvgIpc) is 2.99. The summed E-state index contributed by atoms with van der Waals surface area (Å²) in [7, 11) is -4.32. The Morgan fingerprint density at radius 3 is 1.65 bits per heavy atom. The van der Waals surface area contributed by atoms with Crippen molar-refractivity contribution >= 4 is 13.7 Å². The summed E-state index contributed by atoms with van der Waals surface area (Å²) in [6.07, 6.45) is 31.1. The molecule has 5 N–H and O–H groups in total. The summed E-state index contributed by atoms with van der Waals surface area (Å²) in [4.78, 5) is 22.5. The van der Waals surface area contributed by atoms with Crippen molar-refractivity contribution in [1.82, 2.24) is 5.32 Å². The lowest BCUT2D eigenvalue weighted by atomic mass is 10.0. The molecule has 0 aliphatic heterocycles. The minimum Gasteiger partial charge on any atom is -0.387 e. The van der Waals surface area contributed by atoms with Crippen molar-refractivity contribution < 1.29 is 28.4 Å². The highest BCUT2D eigenvalue weighted by Crippen LogP contribution is 2.43. The van der Waals surface area contributed by atoms with Crippen LogP contribution in [0.25, 0.3) is 0 Å². The standard InChI is InChI=1S/C34H69N2O6P/c1-3-5-7-9-11-13-14-15-16-17-18-20-21-23-25-27-33(37)32(31-42-43(39,40)41-30-29-35)36-34(38)28-26-24-22-19-12-10-8-6-4-2/h25,27,32-33,37H,3-24,26,28-31,35H2,1-2H3,(H,36,38)(H,39,40)/b27-25+/t32-,33+/m0/s1. The monoisotopic (exact) mass is 632 g/mol. The molecule has 0 saturated heterocycles. The van der Waals surface area contributed by atoms with Gasteiger partial charge in [0.1, 0.15) is 0 Å². The highest BCUT2D eigenvalue weighted by atomic mass is 31.2. The molecule has 1 unspecified atom stereocenters. The lowest BCUT2D eigenvalue weighted by Gasteiger charge is -2.23. The molecule has 0 aliphatic carbocycles. The first-order valence-electron chi connectivity index (χ1n) is 17.8. The molecule has 0 aliphatic rings. The Bertz CT molecular complexity index is 694. The minimum absolute atomic E-state index is 0.0807. The van der Waals surface area contributed by atoms with Gasteiger partial charge in [-0.05, 0) is 19.3 Å². The van der Waals surface area contributed by atoms with Crippen molar-refractivity contribution in [3.63, 3.8) is 0 Å². The number of carbonyl (C=O) groups is 1. The maximum Gasteiger partial charge on any atom is 0.472 e. The molecule has 0 saturated carbocycles. The Labute approximate surface area is 265 Å². The number of aliphatic hydroxyl groups excluding tert-OH is 1. The van der Waals surface area contributed by atoms with Crippen molar-refractivity contribution in [2.45, 2.75) is 180 Å². The third kappa shape index (κ3) is 29.7. The van der Waals surface area contributed by atoms with Crippen molar-refractivity contribution in [2.75, 3.05) is 19.8 Å². The molecule has 0 spiro atoms. The van der Waals surface area contributed by atoms with Crippen molar-refractivity contribution in [3.8, 4) is 0 Å². The Morgan fingerprint density at radius 2 is 1.19 bits per heavy atom. The third-order valence-electron chi connectivity index (χ3n) is 7.86. The van der Waals surface area contributed by atoms with Gasteiger partial charge in [-0.3, -0.25) is 13.8 Å². The molecule has 256 valence electrons. The molecule has 0 radical (unpaired) electrons. The van der Waals surface area contributed by atoms with Gasteiger partial charge < -0.3 is 21.1 Å². The zero-order valence-corrected chi connectivity index (χ0v) is 28.8. The fourth-order valence-electron chi connectivity index (χ4n) is 5.13. The second kappa shape index (κ2) is 31.2. The van der Waals surface area contributed by atoms with Gasteiger partial charge >= 0.3 is 7.82 Å². The van der Waals surface area contributed by atoms with Gasteiger partial charge in [-0.2, -0.15) is 0 Å². The van der Waals surface area contributed by atoms with Crippen LogP contribution >= 0.6 is 7.82 Å². The Kier molecular flexibility index (Phi) is 30.7. The maximum absolute atomic E-state index is 12.6.